The normalized spacial score (nSPS) is 11.7. The third-order valence-corrected chi connectivity index (χ3v) is 8.18. The van der Waals surface area contributed by atoms with E-state index in [0.717, 1.165) is 43.1 Å². The first kappa shape index (κ1) is 22.4. The third kappa shape index (κ3) is 3.40. The van der Waals surface area contributed by atoms with Gasteiger partial charge in [0.1, 0.15) is 5.58 Å². The first-order chi connectivity index (χ1) is 19.3. The predicted molar refractivity (Wildman–Crippen MR) is 167 cm³/mol. The molecule has 0 radical (unpaired) electrons. The SMILES string of the molecule is Brc1ccc2c3ccccc3n(-c3ccc(-c4ccccc4-c4ccccc4)c4c3oc3ccccc34)c2c1. The van der Waals surface area contributed by atoms with E-state index >= 15 is 0 Å². The van der Waals surface area contributed by atoms with Gasteiger partial charge in [-0.3, -0.25) is 0 Å². The number of benzene rings is 6. The summed E-state index contributed by atoms with van der Waals surface area (Å²) in [5.41, 5.74) is 9.88. The third-order valence-electron chi connectivity index (χ3n) is 7.68. The smallest absolute Gasteiger partial charge is 0.160 e. The van der Waals surface area contributed by atoms with E-state index in [1.165, 1.54) is 33.0 Å². The molecule has 2 nitrogen and oxygen atoms in total. The van der Waals surface area contributed by atoms with Gasteiger partial charge in [-0.2, -0.15) is 0 Å². The molecule has 184 valence electrons. The largest absolute Gasteiger partial charge is 0.454 e. The number of fused-ring (bicyclic) bond motifs is 6. The lowest BCUT2D eigenvalue weighted by molar-refractivity contribution is 0.666. The van der Waals surface area contributed by atoms with Crippen LogP contribution in [0.15, 0.2) is 142 Å². The summed E-state index contributed by atoms with van der Waals surface area (Å²) < 4.78 is 10.1. The average molecular weight is 564 g/mol. The molecule has 0 bridgehead atoms. The van der Waals surface area contributed by atoms with E-state index in [4.69, 9.17) is 4.42 Å². The number of para-hydroxylation sites is 2. The van der Waals surface area contributed by atoms with Crippen LogP contribution in [-0.2, 0) is 0 Å². The Balaban J connectivity index is 1.51. The maximum atomic E-state index is 6.71. The Morgan fingerprint density at radius 3 is 2.08 bits per heavy atom. The van der Waals surface area contributed by atoms with Gasteiger partial charge in [-0.1, -0.05) is 119 Å². The van der Waals surface area contributed by atoms with Crippen LogP contribution in [0.2, 0.25) is 0 Å². The molecule has 39 heavy (non-hydrogen) atoms. The summed E-state index contributed by atoms with van der Waals surface area (Å²) in [6.07, 6.45) is 0. The molecule has 2 aromatic heterocycles. The van der Waals surface area contributed by atoms with Crippen molar-refractivity contribution in [1.82, 2.24) is 4.57 Å². The molecule has 0 amide bonds. The Morgan fingerprint density at radius 2 is 1.21 bits per heavy atom. The zero-order valence-corrected chi connectivity index (χ0v) is 22.5. The monoisotopic (exact) mass is 563 g/mol. The number of halogens is 1. The van der Waals surface area contributed by atoms with Gasteiger partial charge in [-0.25, -0.2) is 0 Å². The van der Waals surface area contributed by atoms with E-state index in [9.17, 15) is 0 Å². The van der Waals surface area contributed by atoms with Gasteiger partial charge in [0, 0.05) is 26.0 Å². The van der Waals surface area contributed by atoms with Gasteiger partial charge in [0.25, 0.3) is 0 Å². The number of rotatable bonds is 3. The molecule has 0 spiro atoms. The highest BCUT2D eigenvalue weighted by Crippen LogP contribution is 2.44. The molecule has 8 rings (SSSR count). The fourth-order valence-corrected chi connectivity index (χ4v) is 6.35. The van der Waals surface area contributed by atoms with Crippen molar-refractivity contribution in [2.45, 2.75) is 0 Å². The molecule has 0 atom stereocenters. The second-order valence-corrected chi connectivity index (χ2v) is 10.8. The molecule has 8 aromatic rings. The molecule has 3 heteroatoms. The van der Waals surface area contributed by atoms with Crippen molar-refractivity contribution in [2.75, 3.05) is 0 Å². The Morgan fingerprint density at radius 1 is 0.513 bits per heavy atom. The van der Waals surface area contributed by atoms with E-state index in [-0.39, 0.29) is 0 Å². The minimum Gasteiger partial charge on any atom is -0.454 e. The number of furan rings is 1. The van der Waals surface area contributed by atoms with E-state index in [1.54, 1.807) is 0 Å². The molecule has 6 aromatic carbocycles. The van der Waals surface area contributed by atoms with E-state index < -0.39 is 0 Å². The number of nitrogens with zero attached hydrogens (tertiary/aromatic N) is 1. The van der Waals surface area contributed by atoms with Crippen LogP contribution >= 0.6 is 15.9 Å². The molecule has 0 unspecified atom stereocenters. The average Bonchev–Trinajstić information content (AvgIpc) is 3.53. The molecular formula is C36H22BrNO. The van der Waals surface area contributed by atoms with Crippen LogP contribution in [0.5, 0.6) is 0 Å². The van der Waals surface area contributed by atoms with Crippen LogP contribution in [0.3, 0.4) is 0 Å². The molecule has 0 saturated carbocycles. The Labute approximate surface area is 233 Å². The fraction of sp³-hybridized carbons (Fsp3) is 0. The molecule has 0 N–H and O–H groups in total. The summed E-state index contributed by atoms with van der Waals surface area (Å²) in [4.78, 5) is 0. The number of hydrogen-bond acceptors (Lipinski definition) is 1. The molecule has 0 fully saturated rings. The van der Waals surface area contributed by atoms with Gasteiger partial charge in [0.05, 0.1) is 16.7 Å². The highest BCUT2D eigenvalue weighted by atomic mass is 79.9. The number of hydrogen-bond donors (Lipinski definition) is 0. The summed E-state index contributed by atoms with van der Waals surface area (Å²) in [7, 11) is 0. The van der Waals surface area contributed by atoms with Gasteiger partial charge in [0.15, 0.2) is 5.58 Å². The van der Waals surface area contributed by atoms with E-state index in [1.807, 2.05) is 6.07 Å². The molecule has 0 aliphatic heterocycles. The van der Waals surface area contributed by atoms with Crippen molar-refractivity contribution in [1.29, 1.82) is 0 Å². The van der Waals surface area contributed by atoms with Gasteiger partial charge in [0.2, 0.25) is 0 Å². The topological polar surface area (TPSA) is 18.1 Å². The van der Waals surface area contributed by atoms with Crippen LogP contribution in [-0.4, -0.2) is 4.57 Å². The van der Waals surface area contributed by atoms with E-state index in [2.05, 4.69) is 148 Å². The maximum absolute atomic E-state index is 6.71. The van der Waals surface area contributed by atoms with Gasteiger partial charge in [-0.15, -0.1) is 0 Å². The van der Waals surface area contributed by atoms with E-state index in [0.29, 0.717) is 0 Å². The summed E-state index contributed by atoms with van der Waals surface area (Å²) in [6, 6.07) is 47.2. The minimum absolute atomic E-state index is 0.888. The summed E-state index contributed by atoms with van der Waals surface area (Å²) >= 11 is 3.71. The second kappa shape index (κ2) is 8.72. The molecule has 0 aliphatic rings. The lowest BCUT2D eigenvalue weighted by Gasteiger charge is -2.14. The molecular weight excluding hydrogens is 542 g/mol. The van der Waals surface area contributed by atoms with Crippen molar-refractivity contribution >= 4 is 59.7 Å². The van der Waals surface area contributed by atoms with Crippen LogP contribution in [0.1, 0.15) is 0 Å². The predicted octanol–water partition coefficient (Wildman–Crippen LogP) is 10.8. The molecule has 2 heterocycles. The minimum atomic E-state index is 0.888. The first-order valence-corrected chi connectivity index (χ1v) is 13.9. The highest BCUT2D eigenvalue weighted by molar-refractivity contribution is 9.10. The molecule has 0 aliphatic carbocycles. The molecule has 0 saturated heterocycles. The van der Waals surface area contributed by atoms with Crippen molar-refractivity contribution in [2.24, 2.45) is 0 Å². The van der Waals surface area contributed by atoms with Gasteiger partial charge < -0.3 is 8.98 Å². The fourth-order valence-electron chi connectivity index (χ4n) is 6.01. The van der Waals surface area contributed by atoms with Crippen molar-refractivity contribution < 1.29 is 4.42 Å². The van der Waals surface area contributed by atoms with Gasteiger partial charge in [-0.05, 0) is 52.6 Å². The second-order valence-electron chi connectivity index (χ2n) is 9.86. The number of aromatic nitrogens is 1. The van der Waals surface area contributed by atoms with Crippen LogP contribution in [0.4, 0.5) is 0 Å². The van der Waals surface area contributed by atoms with Crippen LogP contribution in [0, 0.1) is 0 Å². The standard InChI is InChI=1S/C36H22BrNO/c37-24-18-19-28-27-14-6-8-16-31(27)38(33(28)22-24)32-21-20-29(35-30-15-7-9-17-34(30)39-36(32)35)26-13-5-4-12-25(26)23-10-2-1-3-11-23/h1-22H. The maximum Gasteiger partial charge on any atom is 0.160 e. The van der Waals surface area contributed by atoms with Gasteiger partial charge >= 0.3 is 0 Å². The highest BCUT2D eigenvalue weighted by Gasteiger charge is 2.21. The zero-order valence-electron chi connectivity index (χ0n) is 20.9. The van der Waals surface area contributed by atoms with Crippen molar-refractivity contribution in [3.8, 4) is 27.9 Å². The Kier molecular flexibility index (Phi) is 5.01. The zero-order chi connectivity index (χ0) is 25.9. The van der Waals surface area contributed by atoms with Crippen LogP contribution in [0.25, 0.3) is 71.7 Å². The van der Waals surface area contributed by atoms with Crippen molar-refractivity contribution in [3.05, 3.63) is 138 Å². The Hall–Kier alpha value is -4.60. The van der Waals surface area contributed by atoms with Crippen molar-refractivity contribution in [3.63, 3.8) is 0 Å². The summed E-state index contributed by atoms with van der Waals surface area (Å²) in [5, 5.41) is 4.70. The quantitative estimate of drug-likeness (QED) is 0.209. The lowest BCUT2D eigenvalue weighted by Crippen LogP contribution is -1.96. The lowest BCUT2D eigenvalue weighted by atomic mass is 9.91. The summed E-state index contributed by atoms with van der Waals surface area (Å²) in [5.74, 6) is 0. The Bertz CT molecular complexity index is 2190. The summed E-state index contributed by atoms with van der Waals surface area (Å²) in [6.45, 7) is 0. The van der Waals surface area contributed by atoms with Crippen LogP contribution < -0.4 is 0 Å². The first-order valence-electron chi connectivity index (χ1n) is 13.1.